The van der Waals surface area contributed by atoms with Crippen LogP contribution in [0.3, 0.4) is 0 Å². The Labute approximate surface area is 91.9 Å². The molecule has 15 heavy (non-hydrogen) atoms. The number of unbranched alkanes of at least 4 members (excludes halogenated alkanes) is 1. The molecule has 0 fully saturated rings. The summed E-state index contributed by atoms with van der Waals surface area (Å²) in [6, 6.07) is 0. The summed E-state index contributed by atoms with van der Waals surface area (Å²) >= 11 is 0. The van der Waals surface area contributed by atoms with Crippen LogP contribution in [0.5, 0.6) is 0 Å². The van der Waals surface area contributed by atoms with E-state index in [0.29, 0.717) is 11.5 Å². The van der Waals surface area contributed by atoms with Crippen LogP contribution in [0.25, 0.3) is 0 Å². The van der Waals surface area contributed by atoms with Crippen molar-refractivity contribution in [2.24, 2.45) is 5.92 Å². The van der Waals surface area contributed by atoms with E-state index in [9.17, 15) is 4.79 Å². The first-order valence-corrected chi connectivity index (χ1v) is 5.34. The van der Waals surface area contributed by atoms with Gasteiger partial charge in [-0.05, 0) is 19.3 Å². The van der Waals surface area contributed by atoms with Gasteiger partial charge in [0.1, 0.15) is 0 Å². The number of carboxylic acids is 1. The smallest absolute Gasteiger partial charge is 0.332 e. The van der Waals surface area contributed by atoms with Crippen molar-refractivity contribution in [2.75, 3.05) is 0 Å². The van der Waals surface area contributed by atoms with Crippen molar-refractivity contribution in [1.82, 2.24) is 5.32 Å². The Balaban J connectivity index is 4.03. The summed E-state index contributed by atoms with van der Waals surface area (Å²) in [5.74, 6) is -0.528. The Morgan fingerprint density at radius 3 is 2.67 bits per heavy atom. The maximum atomic E-state index is 10.5. The largest absolute Gasteiger partial charge is 0.478 e. The van der Waals surface area contributed by atoms with E-state index >= 15 is 0 Å². The summed E-state index contributed by atoms with van der Waals surface area (Å²) in [6.45, 7) is 9.69. The van der Waals surface area contributed by atoms with Crippen LogP contribution in [0, 0.1) is 5.92 Å². The molecule has 0 saturated carbocycles. The lowest BCUT2D eigenvalue weighted by molar-refractivity contribution is -0.132. The van der Waals surface area contributed by atoms with Gasteiger partial charge in [-0.25, -0.2) is 4.79 Å². The highest BCUT2D eigenvalue weighted by Crippen LogP contribution is 2.13. The monoisotopic (exact) mass is 211 g/mol. The van der Waals surface area contributed by atoms with Crippen LogP contribution in [0.2, 0.25) is 0 Å². The number of allylic oxidation sites excluding steroid dienone is 1. The number of hydrogen-bond donors (Lipinski definition) is 2. The van der Waals surface area contributed by atoms with Gasteiger partial charge in [-0.1, -0.05) is 33.3 Å². The van der Waals surface area contributed by atoms with E-state index in [1.165, 1.54) is 19.0 Å². The van der Waals surface area contributed by atoms with Crippen molar-refractivity contribution < 1.29 is 9.90 Å². The molecule has 0 aromatic carbocycles. The zero-order valence-electron chi connectivity index (χ0n) is 9.84. The standard InChI is InChI=1S/C12H21NO2/c1-5-6-7-9(2)11(4)13-8-10(3)12(14)15/h8-9,13H,4-7H2,1-3H3,(H,14,15)/b10-8+. The summed E-state index contributed by atoms with van der Waals surface area (Å²) in [5, 5.41) is 11.6. The molecule has 0 bridgehead atoms. The molecular weight excluding hydrogens is 190 g/mol. The lowest BCUT2D eigenvalue weighted by Crippen LogP contribution is -2.13. The zero-order valence-corrected chi connectivity index (χ0v) is 9.84. The maximum absolute atomic E-state index is 10.5. The molecule has 0 aromatic heterocycles. The Bertz CT molecular complexity index is 256. The molecule has 0 heterocycles. The summed E-state index contributed by atoms with van der Waals surface area (Å²) in [6.07, 6.45) is 4.92. The predicted molar refractivity (Wildman–Crippen MR) is 62.4 cm³/mol. The van der Waals surface area contributed by atoms with Gasteiger partial charge < -0.3 is 10.4 Å². The SMILES string of the molecule is C=C(N/C=C(\C)C(=O)O)C(C)CCCC. The van der Waals surface area contributed by atoms with Crippen molar-refractivity contribution in [2.45, 2.75) is 40.0 Å². The van der Waals surface area contributed by atoms with Crippen LogP contribution in [0.4, 0.5) is 0 Å². The average Bonchev–Trinajstić information content (AvgIpc) is 2.21. The van der Waals surface area contributed by atoms with Gasteiger partial charge in [0.15, 0.2) is 0 Å². The Hall–Kier alpha value is -1.25. The van der Waals surface area contributed by atoms with Gasteiger partial charge in [0.05, 0.1) is 0 Å². The molecule has 0 saturated heterocycles. The first kappa shape index (κ1) is 13.8. The lowest BCUT2D eigenvalue weighted by Gasteiger charge is -2.14. The minimum atomic E-state index is -0.906. The van der Waals surface area contributed by atoms with Crippen LogP contribution in [0.1, 0.15) is 40.0 Å². The molecule has 1 unspecified atom stereocenters. The molecule has 0 rings (SSSR count). The van der Waals surface area contributed by atoms with Crippen molar-refractivity contribution in [3.8, 4) is 0 Å². The predicted octanol–water partition coefficient (Wildman–Crippen LogP) is 2.90. The van der Waals surface area contributed by atoms with Gasteiger partial charge in [0.2, 0.25) is 0 Å². The molecule has 0 aliphatic carbocycles. The molecule has 0 aliphatic heterocycles. The van der Waals surface area contributed by atoms with Gasteiger partial charge in [0.25, 0.3) is 0 Å². The van der Waals surface area contributed by atoms with E-state index in [1.54, 1.807) is 6.92 Å². The molecule has 3 nitrogen and oxygen atoms in total. The third kappa shape index (κ3) is 5.94. The number of rotatable bonds is 7. The van der Waals surface area contributed by atoms with E-state index < -0.39 is 5.97 Å². The number of carboxylic acid groups (broad SMARTS) is 1. The van der Waals surface area contributed by atoms with Crippen LogP contribution in [0.15, 0.2) is 24.0 Å². The second kappa shape index (κ2) is 7.10. The van der Waals surface area contributed by atoms with E-state index in [4.69, 9.17) is 5.11 Å². The molecule has 0 amide bonds. The molecule has 0 aliphatic rings. The molecule has 3 heteroatoms. The summed E-state index contributed by atoms with van der Waals surface area (Å²) < 4.78 is 0. The highest BCUT2D eigenvalue weighted by atomic mass is 16.4. The van der Waals surface area contributed by atoms with Gasteiger partial charge in [-0.2, -0.15) is 0 Å². The minimum Gasteiger partial charge on any atom is -0.478 e. The number of hydrogen-bond acceptors (Lipinski definition) is 2. The Morgan fingerprint density at radius 1 is 1.60 bits per heavy atom. The molecule has 0 radical (unpaired) electrons. The summed E-state index contributed by atoms with van der Waals surface area (Å²) in [4.78, 5) is 10.5. The summed E-state index contributed by atoms with van der Waals surface area (Å²) in [7, 11) is 0. The fourth-order valence-electron chi connectivity index (χ4n) is 1.09. The molecule has 1 atom stereocenters. The molecule has 86 valence electrons. The Kier molecular flexibility index (Phi) is 6.50. The van der Waals surface area contributed by atoms with Crippen LogP contribution in [-0.4, -0.2) is 11.1 Å². The first-order valence-electron chi connectivity index (χ1n) is 5.34. The van der Waals surface area contributed by atoms with Crippen molar-refractivity contribution in [3.63, 3.8) is 0 Å². The lowest BCUT2D eigenvalue weighted by atomic mass is 10.0. The van der Waals surface area contributed by atoms with Crippen molar-refractivity contribution in [3.05, 3.63) is 24.0 Å². The van der Waals surface area contributed by atoms with E-state index in [-0.39, 0.29) is 0 Å². The van der Waals surface area contributed by atoms with Crippen LogP contribution < -0.4 is 5.32 Å². The van der Waals surface area contributed by atoms with Crippen LogP contribution >= 0.6 is 0 Å². The number of carbonyl (C=O) groups is 1. The second-order valence-electron chi connectivity index (χ2n) is 3.85. The second-order valence-corrected chi connectivity index (χ2v) is 3.85. The Morgan fingerprint density at radius 2 is 2.20 bits per heavy atom. The molecule has 2 N–H and O–H groups in total. The molecule has 0 aromatic rings. The topological polar surface area (TPSA) is 49.3 Å². The van der Waals surface area contributed by atoms with Gasteiger partial charge >= 0.3 is 5.97 Å². The quantitative estimate of drug-likeness (QED) is 0.636. The number of nitrogens with one attached hydrogen (secondary N) is 1. The summed E-state index contributed by atoms with van der Waals surface area (Å²) in [5.41, 5.74) is 1.17. The fraction of sp³-hybridized carbons (Fsp3) is 0.583. The normalized spacial score (nSPS) is 13.4. The van der Waals surface area contributed by atoms with E-state index in [2.05, 4.69) is 25.7 Å². The van der Waals surface area contributed by atoms with Gasteiger partial charge in [0, 0.05) is 17.5 Å². The maximum Gasteiger partial charge on any atom is 0.332 e. The molecule has 0 spiro atoms. The van der Waals surface area contributed by atoms with Crippen molar-refractivity contribution >= 4 is 5.97 Å². The highest BCUT2D eigenvalue weighted by molar-refractivity contribution is 5.85. The fourth-order valence-corrected chi connectivity index (χ4v) is 1.09. The third-order valence-electron chi connectivity index (χ3n) is 2.40. The zero-order chi connectivity index (χ0) is 11.8. The van der Waals surface area contributed by atoms with Crippen molar-refractivity contribution in [1.29, 1.82) is 0 Å². The van der Waals surface area contributed by atoms with Gasteiger partial charge in [-0.3, -0.25) is 0 Å². The average molecular weight is 211 g/mol. The van der Waals surface area contributed by atoms with Gasteiger partial charge in [-0.15, -0.1) is 0 Å². The third-order valence-corrected chi connectivity index (χ3v) is 2.40. The highest BCUT2D eigenvalue weighted by Gasteiger charge is 2.05. The van der Waals surface area contributed by atoms with E-state index in [0.717, 1.165) is 12.1 Å². The minimum absolute atomic E-state index is 0.291. The number of aliphatic carboxylic acids is 1. The molecular formula is C12H21NO2. The van der Waals surface area contributed by atoms with Crippen LogP contribution in [-0.2, 0) is 4.79 Å². The van der Waals surface area contributed by atoms with E-state index in [1.807, 2.05) is 0 Å². The first-order chi connectivity index (χ1) is 6.99.